The quantitative estimate of drug-likeness (QED) is 0.0793. The van der Waals surface area contributed by atoms with Crippen molar-refractivity contribution < 1.29 is 24.3 Å². The monoisotopic (exact) mass is 624 g/mol. The fourth-order valence-corrected chi connectivity index (χ4v) is 6.39. The first-order chi connectivity index (χ1) is 19.3. The van der Waals surface area contributed by atoms with E-state index >= 15 is 0 Å². The van der Waals surface area contributed by atoms with Crippen LogP contribution in [0.2, 0.25) is 0 Å². The highest BCUT2D eigenvalue weighted by Gasteiger charge is 2.54. The summed E-state index contributed by atoms with van der Waals surface area (Å²) in [5.74, 6) is -0.427. The molecule has 1 saturated heterocycles. The SMILES string of the molecule is CO/N=C(\C(=O)N[C@@H]1C(=O)N2C(C(=O)O)=C(CN3C=CN4NC(NCCCN)=CC=C34)CS[C@@H]12)c1csc(N)n1.Cl. The first kappa shape index (κ1) is 30.0. The number of carboxylic acids is 1. The highest BCUT2D eigenvalue weighted by molar-refractivity contribution is 8.00. The van der Waals surface area contributed by atoms with E-state index in [4.69, 9.17) is 16.3 Å². The number of allylic oxidation sites excluding steroid dienone is 2. The molecule has 2 amide bonds. The lowest BCUT2D eigenvalue weighted by Crippen LogP contribution is -2.71. The zero-order valence-electron chi connectivity index (χ0n) is 21.8. The van der Waals surface area contributed by atoms with Gasteiger partial charge in [-0.2, -0.15) is 0 Å². The van der Waals surface area contributed by atoms with Gasteiger partial charge in [-0.25, -0.2) is 14.8 Å². The summed E-state index contributed by atoms with van der Waals surface area (Å²) in [6.07, 6.45) is 8.31. The number of nitrogens with two attached hydrogens (primary N) is 2. The lowest BCUT2D eigenvalue weighted by molar-refractivity contribution is -0.150. The Morgan fingerprint density at radius 1 is 1.34 bits per heavy atom. The Morgan fingerprint density at radius 2 is 2.15 bits per heavy atom. The molecular formula is C23H29ClN10O5S2. The molecule has 5 rings (SSSR count). The second-order valence-corrected chi connectivity index (χ2v) is 10.9. The van der Waals surface area contributed by atoms with Crippen molar-refractivity contribution in [1.82, 2.24) is 35.9 Å². The van der Waals surface area contributed by atoms with E-state index in [1.165, 1.54) is 23.8 Å². The first-order valence-corrected chi connectivity index (χ1v) is 14.2. The van der Waals surface area contributed by atoms with E-state index in [-0.39, 0.29) is 41.2 Å². The summed E-state index contributed by atoms with van der Waals surface area (Å²) >= 11 is 2.51. The zero-order valence-corrected chi connectivity index (χ0v) is 24.2. The van der Waals surface area contributed by atoms with E-state index in [1.54, 1.807) is 5.38 Å². The minimum absolute atomic E-state index is 0. The maximum absolute atomic E-state index is 13.1. The molecule has 0 aromatic carbocycles. The summed E-state index contributed by atoms with van der Waals surface area (Å²) in [6, 6.07) is -0.936. The minimum atomic E-state index is -1.21. The van der Waals surface area contributed by atoms with Gasteiger partial charge in [0.2, 0.25) is 0 Å². The number of aromatic nitrogens is 1. The molecule has 4 aliphatic heterocycles. The van der Waals surface area contributed by atoms with Crippen molar-refractivity contribution in [1.29, 1.82) is 0 Å². The van der Waals surface area contributed by atoms with E-state index in [0.29, 0.717) is 17.9 Å². The average molecular weight is 625 g/mol. The first-order valence-electron chi connectivity index (χ1n) is 12.2. The maximum Gasteiger partial charge on any atom is 0.352 e. The molecule has 0 aliphatic carbocycles. The fourth-order valence-electron chi connectivity index (χ4n) is 4.50. The van der Waals surface area contributed by atoms with Gasteiger partial charge in [-0.15, -0.1) is 35.5 Å². The number of carbonyl (C=O) groups excluding carboxylic acids is 2. The van der Waals surface area contributed by atoms with E-state index in [0.717, 1.165) is 35.9 Å². The second kappa shape index (κ2) is 12.7. The molecule has 220 valence electrons. The number of hydrazine groups is 1. The van der Waals surface area contributed by atoms with Gasteiger partial charge in [-0.1, -0.05) is 5.16 Å². The summed E-state index contributed by atoms with van der Waals surface area (Å²) in [7, 11) is 1.28. The molecule has 0 saturated carbocycles. The van der Waals surface area contributed by atoms with Gasteiger partial charge in [0.25, 0.3) is 11.8 Å². The maximum atomic E-state index is 13.1. The van der Waals surface area contributed by atoms with Gasteiger partial charge in [0.15, 0.2) is 10.8 Å². The number of aliphatic carboxylic acids is 1. The van der Waals surface area contributed by atoms with Crippen molar-refractivity contribution >= 4 is 64.1 Å². The molecule has 2 atom stereocenters. The Balaban J connectivity index is 0.00000387. The molecule has 0 unspecified atom stereocenters. The largest absolute Gasteiger partial charge is 0.477 e. The van der Waals surface area contributed by atoms with Gasteiger partial charge in [0.05, 0.1) is 0 Å². The molecule has 1 aromatic rings. The third-order valence-electron chi connectivity index (χ3n) is 6.33. The predicted molar refractivity (Wildman–Crippen MR) is 156 cm³/mol. The molecule has 15 nitrogen and oxygen atoms in total. The van der Waals surface area contributed by atoms with Gasteiger partial charge in [0.1, 0.15) is 41.6 Å². The summed E-state index contributed by atoms with van der Waals surface area (Å²) in [4.78, 5) is 50.4. The Labute approximate surface area is 249 Å². The number of carboxylic acid groups (broad SMARTS) is 1. The number of hydrogen-bond donors (Lipinski definition) is 6. The highest BCUT2D eigenvalue weighted by atomic mass is 35.5. The lowest BCUT2D eigenvalue weighted by atomic mass is 10.0. The van der Waals surface area contributed by atoms with Gasteiger partial charge < -0.3 is 36.9 Å². The van der Waals surface area contributed by atoms with Crippen LogP contribution in [0.1, 0.15) is 12.1 Å². The van der Waals surface area contributed by atoms with Gasteiger partial charge >= 0.3 is 5.97 Å². The number of nitrogens with zero attached hydrogens (tertiary/aromatic N) is 5. The van der Waals surface area contributed by atoms with Crippen LogP contribution in [0.4, 0.5) is 5.13 Å². The van der Waals surface area contributed by atoms with E-state index in [2.05, 4.69) is 26.2 Å². The van der Waals surface area contributed by atoms with Gasteiger partial charge in [-0.05, 0) is 30.7 Å². The molecule has 1 fully saturated rings. The molecule has 5 heterocycles. The Morgan fingerprint density at radius 3 is 2.83 bits per heavy atom. The second-order valence-electron chi connectivity index (χ2n) is 8.89. The molecule has 8 N–H and O–H groups in total. The number of nitrogens with one attached hydrogen (secondary N) is 3. The van der Waals surface area contributed by atoms with Crippen LogP contribution in [0.15, 0.2) is 58.0 Å². The third kappa shape index (κ3) is 5.92. The van der Waals surface area contributed by atoms with Crippen LogP contribution in [0.3, 0.4) is 0 Å². The van der Waals surface area contributed by atoms with Crippen molar-refractivity contribution in [3.8, 4) is 0 Å². The number of halogens is 1. The molecule has 41 heavy (non-hydrogen) atoms. The van der Waals surface area contributed by atoms with Crippen LogP contribution >= 0.6 is 35.5 Å². The fraction of sp³-hybridized carbons (Fsp3) is 0.348. The Hall–Kier alpha value is -3.93. The van der Waals surface area contributed by atoms with Crippen molar-refractivity contribution in [2.45, 2.75) is 17.8 Å². The van der Waals surface area contributed by atoms with Crippen LogP contribution in [0.5, 0.6) is 0 Å². The standard InChI is InChI=1S/C23H28N10O5S2.ClH/c1-38-30-16(13-11-40-23(25)27-13)19(34)28-17-20(35)33-18(22(36)37)12(10-39-21(17)33)9-31-7-8-32-15(31)4-3-14(29-32)26-6-2-5-24;/h3-4,7-8,11,17,21,26,29H,2,5-6,9-10,24H2,1H3,(H2,25,27)(H,28,34)(H,36,37);1H/b30-16-;/t17-,21+;/m1./s1. The number of oxime groups is 1. The number of hydrogen-bond acceptors (Lipinski definition) is 14. The molecule has 18 heteroatoms. The lowest BCUT2D eigenvalue weighted by Gasteiger charge is -2.49. The Bertz CT molecular complexity index is 1380. The third-order valence-corrected chi connectivity index (χ3v) is 8.35. The summed E-state index contributed by atoms with van der Waals surface area (Å²) < 4.78 is 0. The number of rotatable bonds is 11. The average Bonchev–Trinajstić information content (AvgIpc) is 3.55. The number of β-lactam (4-membered cyclic amide) rings is 1. The smallest absolute Gasteiger partial charge is 0.352 e. The Kier molecular flexibility index (Phi) is 9.31. The van der Waals surface area contributed by atoms with Crippen molar-refractivity contribution in [2.75, 3.05) is 38.2 Å². The molecular weight excluding hydrogens is 596 g/mol. The van der Waals surface area contributed by atoms with Crippen LogP contribution in [-0.4, -0.2) is 92.3 Å². The van der Waals surface area contributed by atoms with Crippen LogP contribution in [0.25, 0.3) is 0 Å². The molecule has 0 bridgehead atoms. The van der Waals surface area contributed by atoms with Gasteiger partial charge in [-0.3, -0.25) is 19.9 Å². The minimum Gasteiger partial charge on any atom is -0.477 e. The van der Waals surface area contributed by atoms with E-state index in [1.807, 2.05) is 34.5 Å². The molecule has 0 spiro atoms. The summed E-state index contributed by atoms with van der Waals surface area (Å²) in [5.41, 5.74) is 15.0. The summed E-state index contributed by atoms with van der Waals surface area (Å²) in [6.45, 7) is 1.59. The predicted octanol–water partition coefficient (Wildman–Crippen LogP) is -0.536. The topological polar surface area (TPSA) is 204 Å². The highest BCUT2D eigenvalue weighted by Crippen LogP contribution is 2.41. The molecule has 1 aromatic heterocycles. The van der Waals surface area contributed by atoms with Crippen molar-refractivity contribution in [2.24, 2.45) is 10.9 Å². The number of thiazole rings is 1. The molecule has 0 radical (unpaired) electrons. The number of amides is 2. The van der Waals surface area contributed by atoms with Crippen LogP contribution in [-0.2, 0) is 19.2 Å². The van der Waals surface area contributed by atoms with E-state index in [9.17, 15) is 19.5 Å². The normalized spacial score (nSPS) is 21.2. The number of thioether (sulfide) groups is 1. The van der Waals surface area contributed by atoms with Crippen LogP contribution in [0, 0.1) is 0 Å². The summed E-state index contributed by atoms with van der Waals surface area (Å²) in [5, 5.41) is 22.7. The number of carbonyl (C=O) groups is 3. The number of anilines is 1. The number of nitrogen functional groups attached to an aromatic ring is 1. The van der Waals surface area contributed by atoms with Crippen molar-refractivity contribution in [3.05, 3.63) is 58.5 Å². The molecule has 4 aliphatic rings. The zero-order chi connectivity index (χ0) is 28.4. The van der Waals surface area contributed by atoms with Crippen molar-refractivity contribution in [3.63, 3.8) is 0 Å². The van der Waals surface area contributed by atoms with Crippen LogP contribution < -0.4 is 27.5 Å². The number of fused-ring (bicyclic) bond motifs is 2. The van der Waals surface area contributed by atoms with E-state index < -0.39 is 29.2 Å². The van der Waals surface area contributed by atoms with Gasteiger partial charge in [0, 0.05) is 36.6 Å².